The number of rotatable bonds is 2. The molecule has 1 heteroatoms. The maximum absolute atomic E-state index is 4.54. The van der Waals surface area contributed by atoms with Gasteiger partial charge in [0.1, 0.15) is 0 Å². The number of nitrogens with zero attached hydrogens (tertiary/aromatic N) is 1. The van der Waals surface area contributed by atoms with Crippen LogP contribution in [0.15, 0.2) is 42.6 Å². The van der Waals surface area contributed by atoms with Crippen LogP contribution in [0, 0.1) is 6.92 Å². The molecule has 0 aliphatic heterocycles. The number of hydrogen-bond acceptors (Lipinski definition) is 1. The van der Waals surface area contributed by atoms with Gasteiger partial charge in [-0.3, -0.25) is 4.98 Å². The molecule has 1 fully saturated rings. The Labute approximate surface area is 96.2 Å². The lowest BCUT2D eigenvalue weighted by Crippen LogP contribution is -1.86. The quantitative estimate of drug-likeness (QED) is 0.730. The highest BCUT2D eigenvalue weighted by Gasteiger charge is 2.23. The summed E-state index contributed by atoms with van der Waals surface area (Å²) in [6.07, 6.45) is 4.71. The number of aromatic nitrogens is 1. The molecule has 0 saturated heterocycles. The lowest BCUT2D eigenvalue weighted by Gasteiger charge is -2.03. The van der Waals surface area contributed by atoms with Gasteiger partial charge in [0, 0.05) is 11.8 Å². The van der Waals surface area contributed by atoms with Crippen molar-refractivity contribution in [1.29, 1.82) is 0 Å². The molecule has 0 N–H and O–H groups in total. The second-order valence-corrected chi connectivity index (χ2v) is 4.62. The highest BCUT2D eigenvalue weighted by atomic mass is 14.7. The van der Waals surface area contributed by atoms with Crippen molar-refractivity contribution in [3.8, 4) is 11.3 Å². The Bertz CT molecular complexity index is 478. The summed E-state index contributed by atoms with van der Waals surface area (Å²) in [5.41, 5.74) is 4.96. The van der Waals surface area contributed by atoms with E-state index in [0.29, 0.717) is 0 Å². The molecule has 16 heavy (non-hydrogen) atoms. The molecule has 0 atom stereocenters. The van der Waals surface area contributed by atoms with Crippen molar-refractivity contribution in [3.63, 3.8) is 0 Å². The molecule has 1 nitrogen and oxygen atoms in total. The molecule has 1 heterocycles. The second kappa shape index (κ2) is 3.75. The van der Waals surface area contributed by atoms with Crippen LogP contribution in [0.5, 0.6) is 0 Å². The van der Waals surface area contributed by atoms with Gasteiger partial charge in [-0.25, -0.2) is 0 Å². The van der Waals surface area contributed by atoms with Crippen molar-refractivity contribution in [2.75, 3.05) is 0 Å². The van der Waals surface area contributed by atoms with E-state index in [4.69, 9.17) is 0 Å². The third-order valence-corrected chi connectivity index (χ3v) is 3.18. The monoisotopic (exact) mass is 209 g/mol. The van der Waals surface area contributed by atoms with Gasteiger partial charge in [0.25, 0.3) is 0 Å². The highest BCUT2D eigenvalue weighted by molar-refractivity contribution is 5.59. The smallest absolute Gasteiger partial charge is 0.0702 e. The van der Waals surface area contributed by atoms with Crippen molar-refractivity contribution >= 4 is 0 Å². The fraction of sp³-hybridized carbons (Fsp3) is 0.267. The van der Waals surface area contributed by atoms with Crippen LogP contribution in [0.1, 0.15) is 29.9 Å². The van der Waals surface area contributed by atoms with Crippen LogP contribution >= 0.6 is 0 Å². The van der Waals surface area contributed by atoms with Crippen LogP contribution < -0.4 is 0 Å². The Kier molecular flexibility index (Phi) is 2.24. The summed E-state index contributed by atoms with van der Waals surface area (Å²) in [6.45, 7) is 2.10. The molecule has 1 aromatic carbocycles. The molecular formula is C15H15N. The Morgan fingerprint density at radius 2 is 1.75 bits per heavy atom. The predicted octanol–water partition coefficient (Wildman–Crippen LogP) is 3.93. The first-order valence-corrected chi connectivity index (χ1v) is 5.86. The van der Waals surface area contributed by atoms with Gasteiger partial charge in [-0.05, 0) is 37.3 Å². The lowest BCUT2D eigenvalue weighted by atomic mass is 10.1. The van der Waals surface area contributed by atoms with Gasteiger partial charge in [-0.1, -0.05) is 35.9 Å². The van der Waals surface area contributed by atoms with Gasteiger partial charge in [0.2, 0.25) is 0 Å². The van der Waals surface area contributed by atoms with E-state index in [1.807, 2.05) is 6.20 Å². The minimum absolute atomic E-state index is 0.791. The Hall–Kier alpha value is -1.63. The zero-order valence-electron chi connectivity index (χ0n) is 9.48. The van der Waals surface area contributed by atoms with Gasteiger partial charge in [0.15, 0.2) is 0 Å². The lowest BCUT2D eigenvalue weighted by molar-refractivity contribution is 1.09. The minimum Gasteiger partial charge on any atom is -0.256 e. The second-order valence-electron chi connectivity index (χ2n) is 4.62. The third-order valence-electron chi connectivity index (χ3n) is 3.18. The van der Waals surface area contributed by atoms with Gasteiger partial charge in [-0.15, -0.1) is 0 Å². The fourth-order valence-corrected chi connectivity index (χ4v) is 1.96. The van der Waals surface area contributed by atoms with Gasteiger partial charge < -0.3 is 0 Å². The van der Waals surface area contributed by atoms with Crippen LogP contribution in [0.3, 0.4) is 0 Å². The first-order chi connectivity index (χ1) is 7.83. The van der Waals surface area contributed by atoms with Crippen LogP contribution in [0.4, 0.5) is 0 Å². The average molecular weight is 209 g/mol. The van der Waals surface area contributed by atoms with E-state index in [0.717, 1.165) is 11.6 Å². The van der Waals surface area contributed by atoms with Crippen LogP contribution in [-0.4, -0.2) is 4.98 Å². The van der Waals surface area contributed by atoms with E-state index >= 15 is 0 Å². The van der Waals surface area contributed by atoms with E-state index in [9.17, 15) is 0 Å². The SMILES string of the molecule is Cc1ccc(-c2ccc(C3CC3)cn2)cc1. The Morgan fingerprint density at radius 1 is 1.00 bits per heavy atom. The Balaban J connectivity index is 1.91. The van der Waals surface area contributed by atoms with Crippen LogP contribution in [-0.2, 0) is 0 Å². The van der Waals surface area contributed by atoms with E-state index in [-0.39, 0.29) is 0 Å². The van der Waals surface area contributed by atoms with Crippen molar-refractivity contribution in [2.24, 2.45) is 0 Å². The first kappa shape index (κ1) is 9.59. The molecule has 0 unspecified atom stereocenters. The molecule has 2 aromatic rings. The highest BCUT2D eigenvalue weighted by Crippen LogP contribution is 2.39. The number of benzene rings is 1. The molecule has 80 valence electrons. The van der Waals surface area contributed by atoms with Crippen molar-refractivity contribution in [1.82, 2.24) is 4.98 Å². The number of pyridine rings is 1. The molecule has 3 rings (SSSR count). The van der Waals surface area contributed by atoms with Gasteiger partial charge in [-0.2, -0.15) is 0 Å². The molecule has 1 saturated carbocycles. The maximum Gasteiger partial charge on any atom is 0.0702 e. The summed E-state index contributed by atoms with van der Waals surface area (Å²) in [7, 11) is 0. The summed E-state index contributed by atoms with van der Waals surface area (Å²) < 4.78 is 0. The maximum atomic E-state index is 4.54. The van der Waals surface area contributed by atoms with Crippen molar-refractivity contribution in [2.45, 2.75) is 25.7 Å². The first-order valence-electron chi connectivity index (χ1n) is 5.86. The van der Waals surface area contributed by atoms with E-state index in [1.165, 1.54) is 29.5 Å². The number of hydrogen-bond donors (Lipinski definition) is 0. The van der Waals surface area contributed by atoms with E-state index in [1.54, 1.807) is 0 Å². The van der Waals surface area contributed by atoms with Gasteiger partial charge in [0.05, 0.1) is 5.69 Å². The van der Waals surface area contributed by atoms with Crippen LogP contribution in [0.25, 0.3) is 11.3 Å². The molecular weight excluding hydrogens is 194 g/mol. The third kappa shape index (κ3) is 1.85. The molecule has 1 aromatic heterocycles. The largest absolute Gasteiger partial charge is 0.256 e. The summed E-state index contributed by atoms with van der Waals surface area (Å²) in [6, 6.07) is 12.9. The predicted molar refractivity (Wildman–Crippen MR) is 66.4 cm³/mol. The molecule has 1 aliphatic rings. The summed E-state index contributed by atoms with van der Waals surface area (Å²) >= 11 is 0. The standard InChI is InChI=1S/C15H15N/c1-11-2-4-13(5-3-11)15-9-8-14(10-16-15)12-6-7-12/h2-5,8-10,12H,6-7H2,1H3. The van der Waals surface area contributed by atoms with Crippen molar-refractivity contribution in [3.05, 3.63) is 53.7 Å². The minimum atomic E-state index is 0.791. The zero-order valence-corrected chi connectivity index (χ0v) is 9.48. The summed E-state index contributed by atoms with van der Waals surface area (Å²) in [5.74, 6) is 0.791. The summed E-state index contributed by atoms with van der Waals surface area (Å²) in [4.78, 5) is 4.54. The van der Waals surface area contributed by atoms with Gasteiger partial charge >= 0.3 is 0 Å². The average Bonchev–Trinajstić information content (AvgIpc) is 3.14. The van der Waals surface area contributed by atoms with E-state index in [2.05, 4.69) is 48.3 Å². The molecule has 0 bridgehead atoms. The topological polar surface area (TPSA) is 12.9 Å². The zero-order chi connectivity index (χ0) is 11.0. The molecule has 1 aliphatic carbocycles. The fourth-order valence-electron chi connectivity index (χ4n) is 1.96. The molecule has 0 amide bonds. The Morgan fingerprint density at radius 3 is 2.31 bits per heavy atom. The van der Waals surface area contributed by atoms with Crippen LogP contribution in [0.2, 0.25) is 0 Å². The normalized spacial score (nSPS) is 15.1. The molecule has 0 spiro atoms. The summed E-state index contributed by atoms with van der Waals surface area (Å²) in [5, 5.41) is 0. The molecule has 0 radical (unpaired) electrons. The van der Waals surface area contributed by atoms with Crippen molar-refractivity contribution < 1.29 is 0 Å². The van der Waals surface area contributed by atoms with E-state index < -0.39 is 0 Å². The number of aryl methyl sites for hydroxylation is 1.